The van der Waals surface area contributed by atoms with Crippen molar-refractivity contribution in [2.45, 2.75) is 0 Å². The van der Waals surface area contributed by atoms with Crippen LogP contribution in [0.5, 0.6) is 5.75 Å². The molecule has 0 heterocycles. The number of halogens is 1. The van der Waals surface area contributed by atoms with Gasteiger partial charge in [-0.2, -0.15) is 0 Å². The zero-order chi connectivity index (χ0) is 8.43. The van der Waals surface area contributed by atoms with Crippen molar-refractivity contribution in [3.8, 4) is 5.75 Å². The average Bonchev–Trinajstić information content (AvgIpc) is 1.94. The van der Waals surface area contributed by atoms with E-state index in [1.165, 1.54) is 12.1 Å². The molecule has 1 aromatic carbocycles. The first-order valence-corrected chi connectivity index (χ1v) is 3.62. The van der Waals surface area contributed by atoms with Crippen LogP contribution in [-0.4, -0.2) is 45.7 Å². The minimum atomic E-state index is -1.14. The SMILES string of the molecule is O=C(O)c1cc(Br)ccc1O.[Na]. The van der Waals surface area contributed by atoms with Crippen molar-refractivity contribution in [2.24, 2.45) is 0 Å². The Hall–Kier alpha value is -0.0300. The fraction of sp³-hybridized carbons (Fsp3) is 0. The van der Waals surface area contributed by atoms with E-state index in [-0.39, 0.29) is 40.9 Å². The third-order valence-corrected chi connectivity index (χ3v) is 1.68. The Morgan fingerprint density at radius 3 is 2.42 bits per heavy atom. The molecule has 3 nitrogen and oxygen atoms in total. The van der Waals surface area contributed by atoms with Crippen molar-refractivity contribution in [1.29, 1.82) is 0 Å². The predicted molar refractivity (Wildman–Crippen MR) is 48.5 cm³/mol. The first kappa shape index (κ1) is 12.0. The summed E-state index contributed by atoms with van der Waals surface area (Å²) in [4.78, 5) is 10.4. The molecule has 2 N–H and O–H groups in total. The first-order valence-electron chi connectivity index (χ1n) is 2.83. The van der Waals surface area contributed by atoms with E-state index in [0.29, 0.717) is 4.47 Å². The molecule has 0 unspecified atom stereocenters. The van der Waals surface area contributed by atoms with Gasteiger partial charge in [-0.25, -0.2) is 4.79 Å². The minimum Gasteiger partial charge on any atom is -0.507 e. The Labute approximate surface area is 99.8 Å². The van der Waals surface area contributed by atoms with Gasteiger partial charge in [-0.05, 0) is 18.2 Å². The van der Waals surface area contributed by atoms with Crippen molar-refractivity contribution in [3.05, 3.63) is 28.2 Å². The van der Waals surface area contributed by atoms with Crippen LogP contribution in [0.25, 0.3) is 0 Å². The minimum absolute atomic E-state index is 0. The molecule has 0 saturated heterocycles. The second-order valence-corrected chi connectivity index (χ2v) is 2.88. The van der Waals surface area contributed by atoms with Crippen molar-refractivity contribution < 1.29 is 15.0 Å². The number of carboxylic acid groups (broad SMARTS) is 1. The van der Waals surface area contributed by atoms with E-state index in [4.69, 9.17) is 10.2 Å². The zero-order valence-corrected chi connectivity index (χ0v) is 10.00. The smallest absolute Gasteiger partial charge is 0.339 e. The second kappa shape index (κ2) is 4.87. The molecule has 1 radical (unpaired) electrons. The number of hydrogen-bond donors (Lipinski definition) is 2. The van der Waals surface area contributed by atoms with Crippen LogP contribution in [0.1, 0.15) is 10.4 Å². The predicted octanol–water partition coefficient (Wildman–Crippen LogP) is 1.47. The zero-order valence-electron chi connectivity index (χ0n) is 6.41. The molecule has 0 fully saturated rings. The average molecular weight is 240 g/mol. The molecular weight excluding hydrogens is 235 g/mol. The summed E-state index contributed by atoms with van der Waals surface area (Å²) in [5, 5.41) is 17.5. The van der Waals surface area contributed by atoms with Gasteiger partial charge in [-0.3, -0.25) is 0 Å². The molecule has 59 valence electrons. The van der Waals surface area contributed by atoms with Gasteiger partial charge >= 0.3 is 5.97 Å². The van der Waals surface area contributed by atoms with Crippen LogP contribution in [0, 0.1) is 0 Å². The van der Waals surface area contributed by atoms with Crippen molar-refractivity contribution in [1.82, 2.24) is 0 Å². The Morgan fingerprint density at radius 2 is 2.00 bits per heavy atom. The van der Waals surface area contributed by atoms with Crippen LogP contribution in [0.3, 0.4) is 0 Å². The van der Waals surface area contributed by atoms with E-state index in [9.17, 15) is 4.79 Å². The normalized spacial score (nSPS) is 8.75. The van der Waals surface area contributed by atoms with Crippen molar-refractivity contribution >= 4 is 51.5 Å². The molecular formula is C7H5BrNaO3. The van der Waals surface area contributed by atoms with Gasteiger partial charge in [0, 0.05) is 34.0 Å². The molecule has 1 aromatic rings. The topological polar surface area (TPSA) is 57.5 Å². The number of aromatic hydroxyl groups is 1. The molecule has 0 spiro atoms. The summed E-state index contributed by atoms with van der Waals surface area (Å²) in [5.74, 6) is -1.36. The standard InChI is InChI=1S/C7H5BrO3.Na/c8-4-1-2-6(9)5(3-4)7(10)11;/h1-3,9H,(H,10,11);. The molecule has 0 aliphatic heterocycles. The first-order chi connectivity index (χ1) is 5.11. The maximum Gasteiger partial charge on any atom is 0.339 e. The van der Waals surface area contributed by atoms with Gasteiger partial charge in [-0.15, -0.1) is 0 Å². The largest absolute Gasteiger partial charge is 0.507 e. The number of rotatable bonds is 1. The summed E-state index contributed by atoms with van der Waals surface area (Å²) in [7, 11) is 0. The van der Waals surface area contributed by atoms with Gasteiger partial charge in [-0.1, -0.05) is 15.9 Å². The van der Waals surface area contributed by atoms with Gasteiger partial charge in [0.15, 0.2) is 0 Å². The summed E-state index contributed by atoms with van der Waals surface area (Å²) in [5.41, 5.74) is -0.0978. The Bertz CT molecular complexity index is 301. The van der Waals surface area contributed by atoms with Crippen LogP contribution in [0.15, 0.2) is 22.7 Å². The van der Waals surface area contributed by atoms with Gasteiger partial charge in [0.1, 0.15) is 11.3 Å². The van der Waals surface area contributed by atoms with Crippen LogP contribution < -0.4 is 0 Å². The maximum atomic E-state index is 10.4. The van der Waals surface area contributed by atoms with Crippen LogP contribution in [0.2, 0.25) is 0 Å². The molecule has 5 heteroatoms. The molecule has 0 aromatic heterocycles. The van der Waals surface area contributed by atoms with Gasteiger partial charge < -0.3 is 10.2 Å². The number of phenols is 1. The maximum absolute atomic E-state index is 10.4. The fourth-order valence-corrected chi connectivity index (χ4v) is 1.04. The fourth-order valence-electron chi connectivity index (χ4n) is 0.680. The number of carboxylic acids is 1. The summed E-state index contributed by atoms with van der Waals surface area (Å²) < 4.78 is 0.632. The van der Waals surface area contributed by atoms with Crippen molar-refractivity contribution in [3.63, 3.8) is 0 Å². The van der Waals surface area contributed by atoms with E-state index >= 15 is 0 Å². The summed E-state index contributed by atoms with van der Waals surface area (Å²) in [6.45, 7) is 0. The Morgan fingerprint density at radius 1 is 1.42 bits per heavy atom. The number of carbonyl (C=O) groups is 1. The Balaban J connectivity index is 0.00000121. The summed E-state index contributed by atoms with van der Waals surface area (Å²) >= 11 is 3.09. The Kier molecular flexibility index (Phi) is 4.85. The molecule has 0 aliphatic carbocycles. The number of benzene rings is 1. The number of aromatic carboxylic acids is 1. The van der Waals surface area contributed by atoms with E-state index in [2.05, 4.69) is 15.9 Å². The second-order valence-electron chi connectivity index (χ2n) is 1.97. The van der Waals surface area contributed by atoms with E-state index in [0.717, 1.165) is 0 Å². The quantitative estimate of drug-likeness (QED) is 0.730. The van der Waals surface area contributed by atoms with Gasteiger partial charge in [0.25, 0.3) is 0 Å². The van der Waals surface area contributed by atoms with E-state index < -0.39 is 5.97 Å². The molecule has 1 rings (SSSR count). The number of hydrogen-bond acceptors (Lipinski definition) is 2. The third kappa shape index (κ3) is 2.79. The van der Waals surface area contributed by atoms with Crippen LogP contribution in [0.4, 0.5) is 0 Å². The summed E-state index contributed by atoms with van der Waals surface area (Å²) in [6, 6.07) is 4.24. The summed E-state index contributed by atoms with van der Waals surface area (Å²) in [6.07, 6.45) is 0. The molecule has 0 atom stereocenters. The van der Waals surface area contributed by atoms with Crippen molar-refractivity contribution in [2.75, 3.05) is 0 Å². The van der Waals surface area contributed by atoms with Gasteiger partial charge in [0.2, 0.25) is 0 Å². The molecule has 0 bridgehead atoms. The molecule has 0 aliphatic rings. The van der Waals surface area contributed by atoms with E-state index in [1.54, 1.807) is 6.07 Å². The molecule has 0 saturated carbocycles. The monoisotopic (exact) mass is 239 g/mol. The van der Waals surface area contributed by atoms with Crippen LogP contribution >= 0.6 is 15.9 Å². The molecule has 12 heavy (non-hydrogen) atoms. The van der Waals surface area contributed by atoms with Crippen LogP contribution in [-0.2, 0) is 0 Å². The molecule has 0 amide bonds. The third-order valence-electron chi connectivity index (χ3n) is 1.19. The van der Waals surface area contributed by atoms with Gasteiger partial charge in [0.05, 0.1) is 0 Å². The van der Waals surface area contributed by atoms with E-state index in [1.807, 2.05) is 0 Å².